The molecule has 0 bridgehead atoms. The second-order valence-electron chi connectivity index (χ2n) is 2.93. The molecule has 3 nitrogen and oxygen atoms in total. The fourth-order valence-corrected chi connectivity index (χ4v) is 1.25. The summed E-state index contributed by atoms with van der Waals surface area (Å²) >= 11 is 0. The fourth-order valence-electron chi connectivity index (χ4n) is 1.25. The van der Waals surface area contributed by atoms with Gasteiger partial charge in [-0.2, -0.15) is 0 Å². The zero-order valence-electron chi connectivity index (χ0n) is 7.18. The molecule has 1 aromatic rings. The Morgan fingerprint density at radius 1 is 1.38 bits per heavy atom. The normalized spacial score (nSPS) is 21.0. The molecule has 0 amide bonds. The number of rotatable bonds is 2. The van der Waals surface area contributed by atoms with Crippen molar-refractivity contribution in [2.75, 3.05) is 13.2 Å². The number of aliphatic imine (C=N–C) groups is 1. The monoisotopic (exact) mass is 177 g/mol. The second kappa shape index (κ2) is 3.58. The standard InChI is InChI=1S/C10H11NO2/c12-7-9-6-11-10(13-9)8-4-2-1-3-5-8/h1-5,9,12H,6-7H2. The molecule has 1 heterocycles. The molecule has 3 heteroatoms. The van der Waals surface area contributed by atoms with Crippen molar-refractivity contribution in [3.8, 4) is 0 Å². The average Bonchev–Trinajstić information content (AvgIpc) is 2.67. The Hall–Kier alpha value is -1.35. The first-order valence-electron chi connectivity index (χ1n) is 4.27. The zero-order valence-corrected chi connectivity index (χ0v) is 7.18. The van der Waals surface area contributed by atoms with Gasteiger partial charge in [0.15, 0.2) is 0 Å². The molecule has 1 aliphatic heterocycles. The molecule has 1 aromatic carbocycles. The molecule has 68 valence electrons. The molecule has 0 aliphatic carbocycles. The van der Waals surface area contributed by atoms with Crippen LogP contribution in [0.1, 0.15) is 5.56 Å². The second-order valence-corrected chi connectivity index (χ2v) is 2.93. The van der Waals surface area contributed by atoms with Crippen molar-refractivity contribution in [3.05, 3.63) is 35.9 Å². The number of hydrogen-bond acceptors (Lipinski definition) is 3. The van der Waals surface area contributed by atoms with Gasteiger partial charge in [0.25, 0.3) is 0 Å². The van der Waals surface area contributed by atoms with Crippen LogP contribution in [-0.2, 0) is 4.74 Å². The summed E-state index contributed by atoms with van der Waals surface area (Å²) in [5.41, 5.74) is 0.971. The summed E-state index contributed by atoms with van der Waals surface area (Å²) in [4.78, 5) is 4.19. The highest BCUT2D eigenvalue weighted by Crippen LogP contribution is 2.11. The number of ether oxygens (including phenoxy) is 1. The van der Waals surface area contributed by atoms with Gasteiger partial charge in [-0.05, 0) is 12.1 Å². The van der Waals surface area contributed by atoms with Crippen molar-refractivity contribution in [1.29, 1.82) is 0 Å². The Morgan fingerprint density at radius 3 is 2.77 bits per heavy atom. The van der Waals surface area contributed by atoms with Crippen LogP contribution in [0.15, 0.2) is 35.3 Å². The summed E-state index contributed by atoms with van der Waals surface area (Å²) in [6, 6.07) is 9.71. The van der Waals surface area contributed by atoms with Gasteiger partial charge in [0.2, 0.25) is 5.90 Å². The van der Waals surface area contributed by atoms with Crippen LogP contribution in [0.25, 0.3) is 0 Å². The minimum atomic E-state index is -0.157. The van der Waals surface area contributed by atoms with Crippen LogP contribution < -0.4 is 0 Å². The molecule has 1 unspecified atom stereocenters. The Labute approximate surface area is 76.7 Å². The van der Waals surface area contributed by atoms with Gasteiger partial charge in [0.1, 0.15) is 6.10 Å². The van der Waals surface area contributed by atoms with Gasteiger partial charge >= 0.3 is 0 Å². The smallest absolute Gasteiger partial charge is 0.216 e. The molecule has 2 rings (SSSR count). The summed E-state index contributed by atoms with van der Waals surface area (Å²) in [6.07, 6.45) is -0.157. The third-order valence-corrected chi connectivity index (χ3v) is 1.94. The van der Waals surface area contributed by atoms with Crippen LogP contribution in [0.5, 0.6) is 0 Å². The topological polar surface area (TPSA) is 41.8 Å². The van der Waals surface area contributed by atoms with Crippen LogP contribution in [0.4, 0.5) is 0 Å². The van der Waals surface area contributed by atoms with E-state index < -0.39 is 0 Å². The first-order chi connectivity index (χ1) is 6.40. The van der Waals surface area contributed by atoms with Gasteiger partial charge < -0.3 is 9.84 Å². The molecule has 1 aliphatic rings. The van der Waals surface area contributed by atoms with E-state index in [1.165, 1.54) is 0 Å². The van der Waals surface area contributed by atoms with E-state index in [4.69, 9.17) is 9.84 Å². The quantitative estimate of drug-likeness (QED) is 0.726. The molecule has 0 spiro atoms. The summed E-state index contributed by atoms with van der Waals surface area (Å²) < 4.78 is 5.40. The third-order valence-electron chi connectivity index (χ3n) is 1.94. The molecule has 0 radical (unpaired) electrons. The van der Waals surface area contributed by atoms with Gasteiger partial charge in [0, 0.05) is 5.56 Å². The lowest BCUT2D eigenvalue weighted by molar-refractivity contribution is 0.130. The lowest BCUT2D eigenvalue weighted by atomic mass is 10.2. The van der Waals surface area contributed by atoms with Gasteiger partial charge in [-0.3, -0.25) is 0 Å². The Morgan fingerprint density at radius 2 is 2.15 bits per heavy atom. The molecule has 1 N–H and O–H groups in total. The number of aliphatic hydroxyl groups excluding tert-OH is 1. The van der Waals surface area contributed by atoms with Gasteiger partial charge in [-0.15, -0.1) is 0 Å². The highest BCUT2D eigenvalue weighted by atomic mass is 16.5. The highest BCUT2D eigenvalue weighted by molar-refractivity contribution is 5.95. The molecule has 0 saturated heterocycles. The average molecular weight is 177 g/mol. The summed E-state index contributed by atoms with van der Waals surface area (Å²) in [7, 11) is 0. The molecule has 0 saturated carbocycles. The number of hydrogen-bond donors (Lipinski definition) is 1. The maximum atomic E-state index is 8.83. The van der Waals surface area contributed by atoms with Crippen LogP contribution >= 0.6 is 0 Å². The molecular formula is C10H11NO2. The van der Waals surface area contributed by atoms with Crippen molar-refractivity contribution in [1.82, 2.24) is 0 Å². The largest absolute Gasteiger partial charge is 0.470 e. The minimum absolute atomic E-state index is 0.0276. The molecular weight excluding hydrogens is 166 g/mol. The Bertz CT molecular complexity index is 308. The van der Waals surface area contributed by atoms with Crippen LogP contribution in [0.2, 0.25) is 0 Å². The van der Waals surface area contributed by atoms with E-state index in [0.29, 0.717) is 12.4 Å². The van der Waals surface area contributed by atoms with Crippen molar-refractivity contribution >= 4 is 5.90 Å². The highest BCUT2D eigenvalue weighted by Gasteiger charge is 2.19. The van der Waals surface area contributed by atoms with Gasteiger partial charge in [-0.25, -0.2) is 4.99 Å². The van der Waals surface area contributed by atoms with Crippen LogP contribution in [0, 0.1) is 0 Å². The Balaban J connectivity index is 2.12. The number of nitrogens with zero attached hydrogens (tertiary/aromatic N) is 1. The zero-order chi connectivity index (χ0) is 9.10. The van der Waals surface area contributed by atoms with Crippen molar-refractivity contribution < 1.29 is 9.84 Å². The predicted octanol–water partition coefficient (Wildman–Crippen LogP) is 0.824. The summed E-state index contributed by atoms with van der Waals surface area (Å²) in [5, 5.41) is 8.83. The molecule has 1 atom stereocenters. The van der Waals surface area contributed by atoms with Gasteiger partial charge in [-0.1, -0.05) is 18.2 Å². The minimum Gasteiger partial charge on any atom is -0.470 e. The maximum absolute atomic E-state index is 8.83. The maximum Gasteiger partial charge on any atom is 0.216 e. The first-order valence-corrected chi connectivity index (χ1v) is 4.27. The van der Waals surface area contributed by atoms with E-state index in [1.807, 2.05) is 30.3 Å². The fraction of sp³-hybridized carbons (Fsp3) is 0.300. The van der Waals surface area contributed by atoms with Gasteiger partial charge in [0.05, 0.1) is 13.2 Å². The number of aliphatic hydroxyl groups is 1. The lowest BCUT2D eigenvalue weighted by Crippen LogP contribution is -2.17. The van der Waals surface area contributed by atoms with Crippen molar-refractivity contribution in [2.45, 2.75) is 6.10 Å². The van der Waals surface area contributed by atoms with E-state index in [9.17, 15) is 0 Å². The third kappa shape index (κ3) is 1.70. The van der Waals surface area contributed by atoms with E-state index >= 15 is 0 Å². The SMILES string of the molecule is OCC1CN=C(c2ccccc2)O1. The predicted molar refractivity (Wildman–Crippen MR) is 49.8 cm³/mol. The summed E-state index contributed by atoms with van der Waals surface area (Å²) in [6.45, 7) is 0.584. The van der Waals surface area contributed by atoms with E-state index in [1.54, 1.807) is 0 Å². The van der Waals surface area contributed by atoms with E-state index in [0.717, 1.165) is 5.56 Å². The number of benzene rings is 1. The lowest BCUT2D eigenvalue weighted by Gasteiger charge is -2.07. The van der Waals surface area contributed by atoms with E-state index in [-0.39, 0.29) is 12.7 Å². The first kappa shape index (κ1) is 8.26. The van der Waals surface area contributed by atoms with E-state index in [2.05, 4.69) is 4.99 Å². The Kier molecular flexibility index (Phi) is 2.27. The molecule has 0 aromatic heterocycles. The van der Waals surface area contributed by atoms with Crippen molar-refractivity contribution in [2.24, 2.45) is 4.99 Å². The van der Waals surface area contributed by atoms with Crippen LogP contribution in [0.3, 0.4) is 0 Å². The molecule has 0 fully saturated rings. The van der Waals surface area contributed by atoms with Crippen molar-refractivity contribution in [3.63, 3.8) is 0 Å². The summed E-state index contributed by atoms with van der Waals surface area (Å²) in [5.74, 6) is 0.639. The van der Waals surface area contributed by atoms with Crippen LogP contribution in [-0.4, -0.2) is 30.3 Å². The molecule has 13 heavy (non-hydrogen) atoms.